The third kappa shape index (κ3) is 2.66. The fourth-order valence-electron chi connectivity index (χ4n) is 1.72. The Morgan fingerprint density at radius 1 is 1.26 bits per heavy atom. The van der Waals surface area contributed by atoms with Gasteiger partial charge < -0.3 is 9.15 Å². The van der Waals surface area contributed by atoms with Crippen LogP contribution in [0.4, 0.5) is 0 Å². The summed E-state index contributed by atoms with van der Waals surface area (Å²) >= 11 is 1.62. The number of thiazole rings is 1. The molecular formula is C14H11NO3S. The summed E-state index contributed by atoms with van der Waals surface area (Å²) in [5, 5.41) is 0.966. The molecule has 1 aromatic carbocycles. The van der Waals surface area contributed by atoms with Gasteiger partial charge >= 0.3 is 5.97 Å². The topological polar surface area (TPSA) is 52.3 Å². The second kappa shape index (κ2) is 5.24. The van der Waals surface area contributed by atoms with Gasteiger partial charge in [-0.25, -0.2) is 9.78 Å². The molecule has 0 aliphatic heterocycles. The fourth-order valence-corrected chi connectivity index (χ4v) is 2.67. The summed E-state index contributed by atoms with van der Waals surface area (Å²) in [5.41, 5.74) is 0.986. The van der Waals surface area contributed by atoms with Crippen LogP contribution in [0.2, 0.25) is 0 Å². The number of para-hydroxylation sites is 1. The Morgan fingerprint density at radius 3 is 2.95 bits per heavy atom. The molecule has 19 heavy (non-hydrogen) atoms. The molecule has 0 aliphatic rings. The highest BCUT2D eigenvalue weighted by atomic mass is 32.1. The Balaban J connectivity index is 1.59. The average Bonchev–Trinajstić information content (AvgIpc) is 3.07. The molecule has 0 saturated heterocycles. The molecule has 5 heteroatoms. The summed E-state index contributed by atoms with van der Waals surface area (Å²) in [6.45, 7) is 0.305. The maximum atomic E-state index is 11.5. The van der Waals surface area contributed by atoms with Crippen molar-refractivity contribution in [2.75, 3.05) is 6.61 Å². The van der Waals surface area contributed by atoms with Crippen LogP contribution in [0, 0.1) is 0 Å². The number of ether oxygens (including phenoxy) is 1. The number of esters is 1. The Morgan fingerprint density at radius 2 is 2.16 bits per heavy atom. The zero-order chi connectivity index (χ0) is 13.1. The van der Waals surface area contributed by atoms with Crippen molar-refractivity contribution in [1.29, 1.82) is 0 Å². The molecule has 0 aliphatic carbocycles. The van der Waals surface area contributed by atoms with Gasteiger partial charge in [0.15, 0.2) is 0 Å². The van der Waals surface area contributed by atoms with Crippen LogP contribution in [0.3, 0.4) is 0 Å². The minimum Gasteiger partial charge on any atom is -0.459 e. The number of fused-ring (bicyclic) bond motifs is 1. The van der Waals surface area contributed by atoms with Crippen LogP contribution in [0.1, 0.15) is 15.6 Å². The summed E-state index contributed by atoms with van der Waals surface area (Å²) in [4.78, 5) is 16.0. The Hall–Kier alpha value is -2.14. The zero-order valence-corrected chi connectivity index (χ0v) is 10.9. The lowest BCUT2D eigenvalue weighted by atomic mass is 10.3. The molecule has 0 N–H and O–H groups in total. The van der Waals surface area contributed by atoms with E-state index in [0.29, 0.717) is 13.0 Å². The van der Waals surface area contributed by atoms with Gasteiger partial charge in [0.05, 0.1) is 28.1 Å². The van der Waals surface area contributed by atoms with Crippen molar-refractivity contribution in [3.8, 4) is 0 Å². The number of carbonyl (C=O) groups excluding carboxylic acids is 1. The van der Waals surface area contributed by atoms with Crippen molar-refractivity contribution in [3.63, 3.8) is 0 Å². The van der Waals surface area contributed by atoms with Gasteiger partial charge in [-0.3, -0.25) is 0 Å². The molecule has 2 heterocycles. The lowest BCUT2D eigenvalue weighted by molar-refractivity contribution is 0.0473. The molecule has 96 valence electrons. The van der Waals surface area contributed by atoms with Crippen molar-refractivity contribution in [2.45, 2.75) is 6.42 Å². The molecule has 3 aromatic rings. The van der Waals surface area contributed by atoms with Gasteiger partial charge in [-0.15, -0.1) is 11.3 Å². The van der Waals surface area contributed by atoms with Crippen LogP contribution < -0.4 is 0 Å². The monoisotopic (exact) mass is 273 g/mol. The van der Waals surface area contributed by atoms with E-state index in [2.05, 4.69) is 4.98 Å². The number of rotatable bonds is 4. The third-order valence-electron chi connectivity index (χ3n) is 2.61. The summed E-state index contributed by atoms with van der Waals surface area (Å²) in [5.74, 6) is -0.213. The Bertz CT molecular complexity index is 655. The second-order valence-electron chi connectivity index (χ2n) is 3.94. The highest BCUT2D eigenvalue weighted by Crippen LogP contribution is 2.21. The predicted molar refractivity (Wildman–Crippen MR) is 72.3 cm³/mol. The summed E-state index contributed by atoms with van der Waals surface area (Å²) in [6.07, 6.45) is 2.07. The number of nitrogens with zero attached hydrogens (tertiary/aromatic N) is 1. The van der Waals surface area contributed by atoms with E-state index in [-0.39, 0.29) is 5.76 Å². The summed E-state index contributed by atoms with van der Waals surface area (Å²) in [6, 6.07) is 11.2. The summed E-state index contributed by atoms with van der Waals surface area (Å²) in [7, 11) is 0. The van der Waals surface area contributed by atoms with Gasteiger partial charge in [0.1, 0.15) is 0 Å². The first-order valence-electron chi connectivity index (χ1n) is 5.88. The molecule has 0 atom stereocenters. The molecule has 0 fully saturated rings. The highest BCUT2D eigenvalue weighted by Gasteiger charge is 2.10. The Labute approximate surface area is 113 Å². The van der Waals surface area contributed by atoms with Crippen molar-refractivity contribution >= 4 is 27.5 Å². The van der Waals surface area contributed by atoms with Crippen LogP contribution in [0.15, 0.2) is 47.1 Å². The van der Waals surface area contributed by atoms with Crippen molar-refractivity contribution in [3.05, 3.63) is 53.4 Å². The molecule has 0 radical (unpaired) electrons. The lowest BCUT2D eigenvalue weighted by Crippen LogP contribution is -2.07. The normalized spacial score (nSPS) is 10.7. The number of hydrogen-bond donors (Lipinski definition) is 0. The van der Waals surface area contributed by atoms with Gasteiger partial charge in [-0.1, -0.05) is 12.1 Å². The first kappa shape index (κ1) is 11.9. The van der Waals surface area contributed by atoms with E-state index in [1.165, 1.54) is 6.26 Å². The number of hydrogen-bond acceptors (Lipinski definition) is 5. The van der Waals surface area contributed by atoms with Crippen LogP contribution in [-0.4, -0.2) is 17.6 Å². The van der Waals surface area contributed by atoms with Gasteiger partial charge in [-0.2, -0.15) is 0 Å². The van der Waals surface area contributed by atoms with Crippen LogP contribution in [0.25, 0.3) is 10.2 Å². The zero-order valence-electron chi connectivity index (χ0n) is 10.0. The molecule has 0 amide bonds. The third-order valence-corrected chi connectivity index (χ3v) is 3.71. The second-order valence-corrected chi connectivity index (χ2v) is 5.05. The largest absolute Gasteiger partial charge is 0.459 e. The minimum atomic E-state index is -0.439. The van der Waals surface area contributed by atoms with E-state index in [1.54, 1.807) is 23.5 Å². The molecule has 2 aromatic heterocycles. The fraction of sp³-hybridized carbons (Fsp3) is 0.143. The number of carbonyl (C=O) groups is 1. The summed E-state index contributed by atoms with van der Waals surface area (Å²) < 4.78 is 11.2. The van der Waals surface area contributed by atoms with Crippen molar-refractivity contribution in [2.24, 2.45) is 0 Å². The van der Waals surface area contributed by atoms with Crippen LogP contribution in [-0.2, 0) is 11.2 Å². The number of benzene rings is 1. The SMILES string of the molecule is O=C(OCCc1nc2ccccc2s1)c1ccco1. The number of aromatic nitrogens is 1. The van der Waals surface area contributed by atoms with Crippen molar-refractivity contribution in [1.82, 2.24) is 4.98 Å². The molecule has 3 rings (SSSR count). The molecule has 0 saturated carbocycles. The van der Waals surface area contributed by atoms with Crippen LogP contribution >= 0.6 is 11.3 Å². The van der Waals surface area contributed by atoms with Gasteiger partial charge in [0, 0.05) is 6.42 Å². The maximum absolute atomic E-state index is 11.5. The number of furan rings is 1. The quantitative estimate of drug-likeness (QED) is 0.684. The average molecular weight is 273 g/mol. The molecular weight excluding hydrogens is 262 g/mol. The van der Waals surface area contributed by atoms with E-state index in [9.17, 15) is 4.79 Å². The molecule has 4 nitrogen and oxygen atoms in total. The maximum Gasteiger partial charge on any atom is 0.374 e. The molecule has 0 bridgehead atoms. The lowest BCUT2D eigenvalue weighted by Gasteiger charge is -2.00. The molecule has 0 spiro atoms. The van der Waals surface area contributed by atoms with Gasteiger partial charge in [-0.05, 0) is 24.3 Å². The van der Waals surface area contributed by atoms with Crippen LogP contribution in [0.5, 0.6) is 0 Å². The van der Waals surface area contributed by atoms with E-state index < -0.39 is 5.97 Å². The van der Waals surface area contributed by atoms with Crippen molar-refractivity contribution < 1.29 is 13.9 Å². The smallest absolute Gasteiger partial charge is 0.374 e. The predicted octanol–water partition coefficient (Wildman–Crippen LogP) is 3.29. The Kier molecular flexibility index (Phi) is 3.29. The van der Waals surface area contributed by atoms with Gasteiger partial charge in [0.2, 0.25) is 5.76 Å². The van der Waals surface area contributed by atoms with E-state index >= 15 is 0 Å². The molecule has 0 unspecified atom stereocenters. The first-order valence-corrected chi connectivity index (χ1v) is 6.69. The standard InChI is InChI=1S/C14H11NO3S/c16-14(11-5-3-8-17-11)18-9-7-13-15-10-4-1-2-6-12(10)19-13/h1-6,8H,7,9H2. The van der Waals surface area contributed by atoms with E-state index in [1.807, 2.05) is 24.3 Å². The van der Waals surface area contributed by atoms with Gasteiger partial charge in [0.25, 0.3) is 0 Å². The highest BCUT2D eigenvalue weighted by molar-refractivity contribution is 7.18. The minimum absolute atomic E-state index is 0.226. The van der Waals surface area contributed by atoms with E-state index in [4.69, 9.17) is 9.15 Å². The van der Waals surface area contributed by atoms with E-state index in [0.717, 1.165) is 15.2 Å². The first-order chi connectivity index (χ1) is 9.33.